The van der Waals surface area contributed by atoms with Crippen LogP contribution in [0.15, 0.2) is 30.3 Å². The van der Waals surface area contributed by atoms with Crippen LogP contribution in [-0.2, 0) is 4.79 Å². The number of amides is 1. The van der Waals surface area contributed by atoms with Crippen LogP contribution >= 0.6 is 12.4 Å². The number of piperazine rings is 1. The number of carbonyl (C=O) groups excluding carboxylic acids is 1. The number of hydrogen-bond acceptors (Lipinski definition) is 3. The second-order valence-corrected chi connectivity index (χ2v) is 5.00. The van der Waals surface area contributed by atoms with Crippen LogP contribution in [0.1, 0.15) is 0 Å². The molecule has 2 heterocycles. The summed E-state index contributed by atoms with van der Waals surface area (Å²) in [6.45, 7) is 5.30. The highest BCUT2D eigenvalue weighted by molar-refractivity contribution is 5.85. The van der Waals surface area contributed by atoms with Crippen molar-refractivity contribution in [1.82, 2.24) is 10.2 Å². The topological polar surface area (TPSA) is 35.6 Å². The Balaban J connectivity index is 0.00000133. The Bertz CT molecular complexity index is 414. The maximum absolute atomic E-state index is 12.1. The smallest absolute Gasteiger partial charge is 0.228 e. The standard InChI is InChI=1S/C14H19N3O.ClH/c18-14(12-10-15-11-12)17-8-6-16(7-9-17)13-4-2-1-3-5-13;/h1-5,12,15H,6-11H2;1H. The van der Waals surface area contributed by atoms with E-state index in [0.29, 0.717) is 5.91 Å². The van der Waals surface area contributed by atoms with E-state index in [1.54, 1.807) is 0 Å². The molecular weight excluding hydrogens is 262 g/mol. The fourth-order valence-electron chi connectivity index (χ4n) is 2.55. The van der Waals surface area contributed by atoms with Gasteiger partial charge in [-0.15, -0.1) is 12.4 Å². The van der Waals surface area contributed by atoms with E-state index in [2.05, 4.69) is 34.5 Å². The van der Waals surface area contributed by atoms with Gasteiger partial charge in [0.15, 0.2) is 0 Å². The van der Waals surface area contributed by atoms with Gasteiger partial charge in [0.1, 0.15) is 0 Å². The van der Waals surface area contributed by atoms with E-state index in [4.69, 9.17) is 0 Å². The van der Waals surface area contributed by atoms with Gasteiger partial charge in [-0.1, -0.05) is 18.2 Å². The van der Waals surface area contributed by atoms with Crippen LogP contribution in [0.25, 0.3) is 0 Å². The molecule has 3 rings (SSSR count). The molecule has 2 aliphatic rings. The van der Waals surface area contributed by atoms with Gasteiger partial charge in [0, 0.05) is 45.0 Å². The fourth-order valence-corrected chi connectivity index (χ4v) is 2.55. The molecule has 0 aliphatic carbocycles. The first kappa shape index (κ1) is 14.2. The average molecular weight is 282 g/mol. The monoisotopic (exact) mass is 281 g/mol. The maximum Gasteiger partial charge on any atom is 0.228 e. The van der Waals surface area contributed by atoms with Crippen molar-refractivity contribution < 1.29 is 4.79 Å². The third-order valence-corrected chi connectivity index (χ3v) is 3.84. The van der Waals surface area contributed by atoms with Gasteiger partial charge >= 0.3 is 0 Å². The maximum atomic E-state index is 12.1. The first-order valence-electron chi connectivity index (χ1n) is 6.64. The molecule has 1 aromatic rings. The normalized spacial score (nSPS) is 19.6. The van der Waals surface area contributed by atoms with E-state index < -0.39 is 0 Å². The van der Waals surface area contributed by atoms with E-state index in [1.807, 2.05) is 11.0 Å². The van der Waals surface area contributed by atoms with Crippen LogP contribution in [-0.4, -0.2) is 50.1 Å². The first-order chi connectivity index (χ1) is 8.84. The Labute approximate surface area is 120 Å². The highest BCUT2D eigenvalue weighted by Crippen LogP contribution is 2.17. The quantitative estimate of drug-likeness (QED) is 0.878. The van der Waals surface area contributed by atoms with Gasteiger partial charge in [-0.2, -0.15) is 0 Å². The Morgan fingerprint density at radius 1 is 1.05 bits per heavy atom. The Hall–Kier alpha value is -1.26. The molecule has 104 valence electrons. The summed E-state index contributed by atoms with van der Waals surface area (Å²) >= 11 is 0. The number of para-hydroxylation sites is 1. The molecule has 0 radical (unpaired) electrons. The largest absolute Gasteiger partial charge is 0.368 e. The molecule has 0 unspecified atom stereocenters. The van der Waals surface area contributed by atoms with Crippen LogP contribution in [0.2, 0.25) is 0 Å². The minimum atomic E-state index is 0. The number of halogens is 1. The summed E-state index contributed by atoms with van der Waals surface area (Å²) in [6, 6.07) is 10.4. The minimum Gasteiger partial charge on any atom is -0.368 e. The Kier molecular flexibility index (Phi) is 4.66. The third kappa shape index (κ3) is 3.01. The number of hydrogen-bond donors (Lipinski definition) is 1. The lowest BCUT2D eigenvalue weighted by molar-refractivity contribution is -0.137. The lowest BCUT2D eigenvalue weighted by Gasteiger charge is -2.39. The molecule has 2 fully saturated rings. The molecular formula is C14H20ClN3O. The van der Waals surface area contributed by atoms with Gasteiger partial charge in [0.2, 0.25) is 5.91 Å². The third-order valence-electron chi connectivity index (χ3n) is 3.84. The Morgan fingerprint density at radius 2 is 1.68 bits per heavy atom. The lowest BCUT2D eigenvalue weighted by Crippen LogP contribution is -2.56. The molecule has 1 aromatic carbocycles. The summed E-state index contributed by atoms with van der Waals surface area (Å²) < 4.78 is 0. The highest BCUT2D eigenvalue weighted by atomic mass is 35.5. The van der Waals surface area contributed by atoms with Crippen LogP contribution in [0.5, 0.6) is 0 Å². The molecule has 0 spiro atoms. The molecule has 4 nitrogen and oxygen atoms in total. The number of nitrogens with one attached hydrogen (secondary N) is 1. The predicted octanol–water partition coefficient (Wildman–Crippen LogP) is 0.976. The number of nitrogens with zero attached hydrogens (tertiary/aromatic N) is 2. The van der Waals surface area contributed by atoms with Crippen LogP contribution in [0.4, 0.5) is 5.69 Å². The van der Waals surface area contributed by atoms with Gasteiger partial charge < -0.3 is 15.1 Å². The number of rotatable bonds is 2. The molecule has 1 N–H and O–H groups in total. The highest BCUT2D eigenvalue weighted by Gasteiger charge is 2.30. The summed E-state index contributed by atoms with van der Waals surface area (Å²) in [7, 11) is 0. The Morgan fingerprint density at radius 3 is 2.21 bits per heavy atom. The minimum absolute atomic E-state index is 0. The second-order valence-electron chi connectivity index (χ2n) is 5.00. The van der Waals surface area contributed by atoms with E-state index in [0.717, 1.165) is 39.3 Å². The van der Waals surface area contributed by atoms with E-state index in [-0.39, 0.29) is 18.3 Å². The zero-order valence-corrected chi connectivity index (χ0v) is 11.7. The van der Waals surface area contributed by atoms with Crippen molar-refractivity contribution >= 4 is 24.0 Å². The molecule has 5 heteroatoms. The molecule has 0 aromatic heterocycles. The van der Waals surface area contributed by atoms with Crippen molar-refractivity contribution in [2.75, 3.05) is 44.2 Å². The van der Waals surface area contributed by atoms with Crippen LogP contribution < -0.4 is 10.2 Å². The number of benzene rings is 1. The molecule has 2 aliphatic heterocycles. The van der Waals surface area contributed by atoms with E-state index in [9.17, 15) is 4.79 Å². The van der Waals surface area contributed by atoms with E-state index >= 15 is 0 Å². The van der Waals surface area contributed by atoms with Crippen molar-refractivity contribution in [2.45, 2.75) is 0 Å². The van der Waals surface area contributed by atoms with Crippen LogP contribution in [0.3, 0.4) is 0 Å². The van der Waals surface area contributed by atoms with Gasteiger partial charge in [-0.3, -0.25) is 4.79 Å². The molecule has 0 atom stereocenters. The molecule has 0 saturated carbocycles. The van der Waals surface area contributed by atoms with Crippen molar-refractivity contribution in [3.05, 3.63) is 30.3 Å². The summed E-state index contributed by atoms with van der Waals surface area (Å²) in [5.74, 6) is 0.565. The van der Waals surface area contributed by atoms with Gasteiger partial charge in [-0.25, -0.2) is 0 Å². The molecule has 1 amide bonds. The zero-order valence-electron chi connectivity index (χ0n) is 10.9. The zero-order chi connectivity index (χ0) is 12.4. The first-order valence-corrected chi connectivity index (χ1v) is 6.64. The lowest BCUT2D eigenvalue weighted by atomic mass is 10.0. The van der Waals surface area contributed by atoms with Crippen molar-refractivity contribution in [1.29, 1.82) is 0 Å². The van der Waals surface area contributed by atoms with Gasteiger partial charge in [0.05, 0.1) is 5.92 Å². The fraction of sp³-hybridized carbons (Fsp3) is 0.500. The SMILES string of the molecule is Cl.O=C(C1CNC1)N1CCN(c2ccccc2)CC1. The average Bonchev–Trinajstić information content (AvgIpc) is 2.38. The predicted molar refractivity (Wildman–Crippen MR) is 78.8 cm³/mol. The van der Waals surface area contributed by atoms with Crippen molar-refractivity contribution in [3.63, 3.8) is 0 Å². The summed E-state index contributed by atoms with van der Waals surface area (Å²) in [4.78, 5) is 16.5. The van der Waals surface area contributed by atoms with E-state index in [1.165, 1.54) is 5.69 Å². The number of anilines is 1. The van der Waals surface area contributed by atoms with Crippen LogP contribution in [0, 0.1) is 5.92 Å². The summed E-state index contributed by atoms with van der Waals surface area (Å²) in [5.41, 5.74) is 1.26. The van der Waals surface area contributed by atoms with Crippen molar-refractivity contribution in [3.8, 4) is 0 Å². The van der Waals surface area contributed by atoms with Gasteiger partial charge in [-0.05, 0) is 12.1 Å². The van der Waals surface area contributed by atoms with Crippen molar-refractivity contribution in [2.24, 2.45) is 5.92 Å². The summed E-state index contributed by atoms with van der Waals surface area (Å²) in [5, 5.41) is 3.16. The second kappa shape index (κ2) is 6.26. The summed E-state index contributed by atoms with van der Waals surface area (Å²) in [6.07, 6.45) is 0. The molecule has 0 bridgehead atoms. The van der Waals surface area contributed by atoms with Gasteiger partial charge in [0.25, 0.3) is 0 Å². The molecule has 2 saturated heterocycles. The molecule has 19 heavy (non-hydrogen) atoms. The number of carbonyl (C=O) groups is 1.